The van der Waals surface area contributed by atoms with Gasteiger partial charge in [-0.3, -0.25) is 4.79 Å². The predicted octanol–water partition coefficient (Wildman–Crippen LogP) is 3.18. The second kappa shape index (κ2) is 8.87. The minimum absolute atomic E-state index is 0.179. The quantitative estimate of drug-likeness (QED) is 0.617. The van der Waals surface area contributed by atoms with E-state index in [9.17, 15) is 4.79 Å². The predicted molar refractivity (Wildman–Crippen MR) is 106 cm³/mol. The topological polar surface area (TPSA) is 86.5 Å². The zero-order valence-electron chi connectivity index (χ0n) is 16.2. The van der Waals surface area contributed by atoms with Crippen molar-refractivity contribution in [2.75, 3.05) is 20.2 Å². The van der Waals surface area contributed by atoms with Crippen LogP contribution in [0.1, 0.15) is 23.8 Å². The van der Waals surface area contributed by atoms with E-state index in [2.05, 4.69) is 21.5 Å². The molecule has 7 nitrogen and oxygen atoms in total. The van der Waals surface area contributed by atoms with E-state index >= 15 is 0 Å². The van der Waals surface area contributed by atoms with Crippen molar-refractivity contribution in [3.05, 3.63) is 66.1 Å². The van der Waals surface area contributed by atoms with E-state index in [1.807, 2.05) is 48.5 Å². The lowest BCUT2D eigenvalue weighted by Gasteiger charge is -2.18. The van der Waals surface area contributed by atoms with E-state index in [-0.39, 0.29) is 24.4 Å². The monoisotopic (exact) mass is 393 g/mol. The van der Waals surface area contributed by atoms with Crippen LogP contribution < -0.4 is 10.1 Å². The molecule has 0 saturated carbocycles. The molecule has 3 aromatic rings. The SMILES string of the molecule is COC(=O)C[C@H]1CNC[C@H]1c1cccc(OCc2nc(-c3ccccc3)no2)c1. The van der Waals surface area contributed by atoms with Crippen LogP contribution in [-0.4, -0.2) is 36.3 Å². The third kappa shape index (κ3) is 4.63. The Labute approximate surface area is 169 Å². The molecule has 1 fully saturated rings. The van der Waals surface area contributed by atoms with E-state index in [1.54, 1.807) is 0 Å². The molecule has 150 valence electrons. The molecule has 2 atom stereocenters. The summed E-state index contributed by atoms with van der Waals surface area (Å²) in [5.74, 6) is 1.96. The first-order valence-corrected chi connectivity index (χ1v) is 9.61. The van der Waals surface area contributed by atoms with Crippen LogP contribution in [0.3, 0.4) is 0 Å². The van der Waals surface area contributed by atoms with Crippen LogP contribution >= 0.6 is 0 Å². The summed E-state index contributed by atoms with van der Waals surface area (Å²) in [6.45, 7) is 1.82. The number of hydrogen-bond donors (Lipinski definition) is 1. The molecule has 2 aromatic carbocycles. The number of hydrogen-bond acceptors (Lipinski definition) is 7. The summed E-state index contributed by atoms with van der Waals surface area (Å²) in [6.07, 6.45) is 0.406. The summed E-state index contributed by atoms with van der Waals surface area (Å²) in [7, 11) is 1.43. The highest BCUT2D eigenvalue weighted by Crippen LogP contribution is 2.32. The average molecular weight is 393 g/mol. The van der Waals surface area contributed by atoms with Crippen LogP contribution in [0.4, 0.5) is 0 Å². The summed E-state index contributed by atoms with van der Waals surface area (Å²) in [5.41, 5.74) is 2.03. The number of nitrogens with zero attached hydrogens (tertiary/aromatic N) is 2. The van der Waals surface area contributed by atoms with Crippen LogP contribution in [0.2, 0.25) is 0 Å². The molecule has 0 spiro atoms. The lowest BCUT2D eigenvalue weighted by molar-refractivity contribution is -0.141. The largest absolute Gasteiger partial charge is 0.484 e. The maximum absolute atomic E-state index is 11.7. The molecule has 0 amide bonds. The number of methoxy groups -OCH3 is 1. The Kier molecular flexibility index (Phi) is 5.86. The molecule has 1 N–H and O–H groups in total. The Morgan fingerprint density at radius 1 is 1.17 bits per heavy atom. The third-order valence-corrected chi connectivity index (χ3v) is 5.14. The van der Waals surface area contributed by atoms with Crippen LogP contribution in [0.25, 0.3) is 11.4 Å². The van der Waals surface area contributed by atoms with Crippen molar-refractivity contribution in [1.82, 2.24) is 15.5 Å². The van der Waals surface area contributed by atoms with E-state index in [0.29, 0.717) is 18.1 Å². The van der Waals surface area contributed by atoms with Crippen molar-refractivity contribution < 1.29 is 18.8 Å². The standard InChI is InChI=1S/C22H23N3O4/c1-27-21(26)11-17-12-23-13-19(17)16-8-5-9-18(10-16)28-14-20-24-22(25-29-20)15-6-3-2-4-7-15/h2-10,17,19,23H,11-14H2,1H3/t17-,19-/m0/s1. The highest BCUT2D eigenvalue weighted by atomic mass is 16.5. The first kappa shape index (κ1) is 19.1. The molecule has 0 radical (unpaired) electrons. The summed E-state index contributed by atoms with van der Waals surface area (Å²) in [5, 5.41) is 7.37. The molecule has 1 saturated heterocycles. The second-order valence-corrected chi connectivity index (χ2v) is 7.04. The van der Waals surface area contributed by atoms with E-state index < -0.39 is 0 Å². The summed E-state index contributed by atoms with van der Waals surface area (Å²) in [4.78, 5) is 16.1. The number of aromatic nitrogens is 2. The minimum Gasteiger partial charge on any atom is -0.484 e. The number of nitrogens with one attached hydrogen (secondary N) is 1. The van der Waals surface area contributed by atoms with Gasteiger partial charge in [-0.2, -0.15) is 4.98 Å². The van der Waals surface area contributed by atoms with Gasteiger partial charge in [0.15, 0.2) is 6.61 Å². The zero-order valence-corrected chi connectivity index (χ0v) is 16.2. The van der Waals surface area contributed by atoms with Crippen molar-refractivity contribution in [2.24, 2.45) is 5.92 Å². The Morgan fingerprint density at radius 2 is 2.03 bits per heavy atom. The molecule has 0 unspecified atom stereocenters. The van der Waals surface area contributed by atoms with Gasteiger partial charge in [-0.15, -0.1) is 0 Å². The van der Waals surface area contributed by atoms with Crippen LogP contribution in [0, 0.1) is 5.92 Å². The zero-order chi connectivity index (χ0) is 20.1. The Balaban J connectivity index is 1.41. The van der Waals surface area contributed by atoms with Gasteiger partial charge in [0, 0.05) is 18.0 Å². The molecule has 29 heavy (non-hydrogen) atoms. The Bertz CT molecular complexity index is 957. The van der Waals surface area contributed by atoms with Gasteiger partial charge in [0.05, 0.1) is 13.5 Å². The summed E-state index contributed by atoms with van der Waals surface area (Å²) < 4.78 is 16.0. The first-order valence-electron chi connectivity index (χ1n) is 9.61. The lowest BCUT2D eigenvalue weighted by Crippen LogP contribution is -2.16. The van der Waals surface area contributed by atoms with Crippen LogP contribution in [0.15, 0.2) is 59.1 Å². The normalized spacial score (nSPS) is 18.5. The number of ether oxygens (including phenoxy) is 2. The average Bonchev–Trinajstić information content (AvgIpc) is 3.43. The second-order valence-electron chi connectivity index (χ2n) is 7.04. The fourth-order valence-corrected chi connectivity index (χ4v) is 3.63. The maximum Gasteiger partial charge on any atom is 0.305 e. The number of benzene rings is 2. The van der Waals surface area contributed by atoms with Crippen molar-refractivity contribution in [1.29, 1.82) is 0 Å². The van der Waals surface area contributed by atoms with E-state index in [0.717, 1.165) is 30.0 Å². The van der Waals surface area contributed by atoms with E-state index in [4.69, 9.17) is 14.0 Å². The number of carbonyl (C=O) groups excluding carboxylic acids is 1. The minimum atomic E-state index is -0.179. The molecular weight excluding hydrogens is 370 g/mol. The summed E-state index contributed by atoms with van der Waals surface area (Å²) >= 11 is 0. The van der Waals surface area contributed by atoms with Crippen LogP contribution in [0.5, 0.6) is 5.75 Å². The molecule has 1 aliphatic heterocycles. The molecular formula is C22H23N3O4. The van der Waals surface area contributed by atoms with Gasteiger partial charge in [-0.05, 0) is 30.2 Å². The summed E-state index contributed by atoms with van der Waals surface area (Å²) in [6, 6.07) is 17.6. The highest BCUT2D eigenvalue weighted by Gasteiger charge is 2.30. The van der Waals surface area contributed by atoms with Gasteiger partial charge in [0.2, 0.25) is 5.82 Å². The van der Waals surface area contributed by atoms with Gasteiger partial charge < -0.3 is 19.3 Å². The van der Waals surface area contributed by atoms with Gasteiger partial charge in [-0.25, -0.2) is 0 Å². The Morgan fingerprint density at radius 3 is 2.86 bits per heavy atom. The first-order chi connectivity index (χ1) is 14.2. The molecule has 1 aromatic heterocycles. The van der Waals surface area contributed by atoms with Crippen LogP contribution in [-0.2, 0) is 16.1 Å². The van der Waals surface area contributed by atoms with Crippen molar-refractivity contribution in [3.8, 4) is 17.1 Å². The molecule has 0 aliphatic carbocycles. The Hall–Kier alpha value is -3.19. The molecule has 1 aliphatic rings. The van der Waals surface area contributed by atoms with Gasteiger partial charge >= 0.3 is 5.97 Å². The number of carbonyl (C=O) groups is 1. The van der Waals surface area contributed by atoms with E-state index in [1.165, 1.54) is 7.11 Å². The molecule has 7 heteroatoms. The highest BCUT2D eigenvalue weighted by molar-refractivity contribution is 5.69. The molecule has 0 bridgehead atoms. The van der Waals surface area contributed by atoms with Crippen molar-refractivity contribution >= 4 is 5.97 Å². The number of rotatable bonds is 7. The third-order valence-electron chi connectivity index (χ3n) is 5.14. The van der Waals surface area contributed by atoms with Crippen molar-refractivity contribution in [2.45, 2.75) is 18.9 Å². The van der Waals surface area contributed by atoms with Gasteiger partial charge in [0.25, 0.3) is 5.89 Å². The maximum atomic E-state index is 11.7. The fraction of sp³-hybridized carbons (Fsp3) is 0.318. The number of esters is 1. The van der Waals surface area contributed by atoms with Crippen molar-refractivity contribution in [3.63, 3.8) is 0 Å². The fourth-order valence-electron chi connectivity index (χ4n) is 3.63. The smallest absolute Gasteiger partial charge is 0.305 e. The van der Waals surface area contributed by atoms with Gasteiger partial charge in [0.1, 0.15) is 5.75 Å². The molecule has 4 rings (SSSR count). The van der Waals surface area contributed by atoms with Gasteiger partial charge in [-0.1, -0.05) is 47.6 Å². The lowest BCUT2D eigenvalue weighted by atomic mass is 9.87. The molecule has 2 heterocycles.